The van der Waals surface area contributed by atoms with Crippen molar-refractivity contribution in [2.75, 3.05) is 0 Å². The maximum absolute atomic E-state index is 13.2. The van der Waals surface area contributed by atoms with Crippen molar-refractivity contribution in [2.24, 2.45) is 41.1 Å². The number of primary amides is 2. The second-order valence-corrected chi connectivity index (χ2v) is 9.36. The molecule has 2 aliphatic heterocycles. The van der Waals surface area contributed by atoms with E-state index in [9.17, 15) is 33.9 Å². The second-order valence-electron chi connectivity index (χ2n) is 8.93. The van der Waals surface area contributed by atoms with Gasteiger partial charge >= 0.3 is 12.1 Å². The Kier molecular flexibility index (Phi) is 4.80. The summed E-state index contributed by atoms with van der Waals surface area (Å²) in [5.41, 5.74) is 11.4. The average Bonchev–Trinajstić information content (AvgIpc) is 3.18. The number of halogens is 1. The zero-order valence-corrected chi connectivity index (χ0v) is 18.3. The number of carbonyl (C=O) groups excluding carboxylic acids is 6. The third kappa shape index (κ3) is 2.82. The quantitative estimate of drug-likeness (QED) is 0.388. The van der Waals surface area contributed by atoms with Gasteiger partial charge in [-0.1, -0.05) is 23.3 Å². The number of benzene rings is 1. The minimum atomic E-state index is -1.22. The molecular weight excluding hydrogens is 468 g/mol. The molecule has 0 radical (unpaired) electrons. The van der Waals surface area contributed by atoms with Crippen LogP contribution in [-0.2, 0) is 19.2 Å². The van der Waals surface area contributed by atoms with Gasteiger partial charge in [0.15, 0.2) is 0 Å². The highest BCUT2D eigenvalue weighted by molar-refractivity contribution is 6.30. The molecule has 0 spiro atoms. The summed E-state index contributed by atoms with van der Waals surface area (Å²) >= 11 is 6.16. The molecule has 1 aromatic carbocycles. The highest BCUT2D eigenvalue weighted by Crippen LogP contribution is 2.58. The van der Waals surface area contributed by atoms with Crippen molar-refractivity contribution in [3.63, 3.8) is 0 Å². The lowest BCUT2D eigenvalue weighted by Gasteiger charge is -2.44. The molecule has 2 saturated heterocycles. The molecule has 0 bridgehead atoms. The van der Waals surface area contributed by atoms with E-state index in [1.54, 1.807) is 6.08 Å². The normalized spacial score (nSPS) is 32.3. The third-order valence-electron chi connectivity index (χ3n) is 7.41. The van der Waals surface area contributed by atoms with Crippen LogP contribution in [0, 0.1) is 29.6 Å². The van der Waals surface area contributed by atoms with E-state index in [2.05, 4.69) is 0 Å². The fourth-order valence-corrected chi connectivity index (χ4v) is 6.33. The Morgan fingerprint density at radius 1 is 0.882 bits per heavy atom. The van der Waals surface area contributed by atoms with Gasteiger partial charge in [0, 0.05) is 16.5 Å². The molecule has 5 N–H and O–H groups in total. The number of allylic oxidation sites excluding steroid dienone is 2. The van der Waals surface area contributed by atoms with Crippen LogP contribution in [0.1, 0.15) is 24.3 Å². The van der Waals surface area contributed by atoms with Gasteiger partial charge in [-0.05, 0) is 37.0 Å². The monoisotopic (exact) mass is 486 g/mol. The van der Waals surface area contributed by atoms with Crippen LogP contribution in [0.5, 0.6) is 5.75 Å². The molecule has 1 aromatic rings. The number of aromatic hydroxyl groups is 1. The summed E-state index contributed by atoms with van der Waals surface area (Å²) in [6, 6.07) is 1.84. The molecule has 6 atom stereocenters. The number of nitrogens with two attached hydrogens (primary N) is 2. The summed E-state index contributed by atoms with van der Waals surface area (Å²) in [4.78, 5) is 76.6. The number of phenols is 1. The Morgan fingerprint density at radius 2 is 1.47 bits per heavy atom. The standard InChI is InChI=1S/C22H19ClN4O7/c23-7-1-4-13(28)11(5-7)14-8-2-3-9-15(19(31)26(17(9)29)21(24)33)10(8)6-12-16(14)20(32)27(18(12)30)22(25)34/h1-2,4-5,9-10,12,14-16,28H,3,6H2,(H2,24,33)(H2,25,34). The topological polar surface area (TPSA) is 181 Å². The van der Waals surface area contributed by atoms with Crippen molar-refractivity contribution >= 4 is 47.3 Å². The molecule has 6 unspecified atom stereocenters. The van der Waals surface area contributed by atoms with Gasteiger partial charge < -0.3 is 16.6 Å². The lowest BCUT2D eigenvalue weighted by atomic mass is 9.57. The molecule has 176 valence electrons. The molecule has 2 heterocycles. The molecule has 8 amide bonds. The highest BCUT2D eigenvalue weighted by Gasteiger charge is 2.63. The number of likely N-dealkylation sites (tertiary alicyclic amines) is 2. The molecule has 5 rings (SSSR count). The molecule has 11 nitrogen and oxygen atoms in total. The first-order chi connectivity index (χ1) is 16.0. The molecule has 4 aliphatic rings. The van der Waals surface area contributed by atoms with Crippen LogP contribution >= 0.6 is 11.6 Å². The van der Waals surface area contributed by atoms with Crippen LogP contribution < -0.4 is 11.5 Å². The zero-order valence-electron chi connectivity index (χ0n) is 17.5. The minimum Gasteiger partial charge on any atom is -0.508 e. The van der Waals surface area contributed by atoms with Gasteiger partial charge in [-0.25, -0.2) is 9.59 Å². The predicted octanol–water partition coefficient (Wildman–Crippen LogP) is 0.839. The van der Waals surface area contributed by atoms with Crippen molar-refractivity contribution in [1.82, 2.24) is 9.80 Å². The van der Waals surface area contributed by atoms with E-state index in [-0.39, 0.29) is 29.2 Å². The number of rotatable bonds is 1. The Hall–Kier alpha value is -3.73. The fourth-order valence-electron chi connectivity index (χ4n) is 6.15. The minimum absolute atomic E-state index is 0.0184. The summed E-state index contributed by atoms with van der Waals surface area (Å²) in [5.74, 6) is -8.83. The van der Waals surface area contributed by atoms with Crippen molar-refractivity contribution in [3.05, 3.63) is 40.4 Å². The number of fused-ring (bicyclic) bond motifs is 4. The number of hydrogen-bond donors (Lipinski definition) is 3. The summed E-state index contributed by atoms with van der Waals surface area (Å²) in [5, 5.41) is 10.9. The summed E-state index contributed by atoms with van der Waals surface area (Å²) in [6.45, 7) is 0. The van der Waals surface area contributed by atoms with E-state index in [4.69, 9.17) is 23.1 Å². The third-order valence-corrected chi connectivity index (χ3v) is 7.65. The molecule has 1 saturated carbocycles. The first-order valence-corrected chi connectivity index (χ1v) is 10.9. The van der Waals surface area contributed by atoms with Gasteiger partial charge in [0.1, 0.15) is 5.75 Å². The molecule has 0 aromatic heterocycles. The van der Waals surface area contributed by atoms with Crippen molar-refractivity contribution < 1.29 is 33.9 Å². The number of carbonyl (C=O) groups is 6. The van der Waals surface area contributed by atoms with E-state index < -0.39 is 71.2 Å². The van der Waals surface area contributed by atoms with E-state index in [1.807, 2.05) is 0 Å². The van der Waals surface area contributed by atoms with Crippen molar-refractivity contribution in [2.45, 2.75) is 18.8 Å². The Balaban J connectivity index is 1.68. The lowest BCUT2D eigenvalue weighted by Crippen LogP contribution is -2.44. The van der Waals surface area contributed by atoms with Gasteiger partial charge in [0.25, 0.3) is 0 Å². The van der Waals surface area contributed by atoms with Crippen LogP contribution in [0.4, 0.5) is 9.59 Å². The van der Waals surface area contributed by atoms with Gasteiger partial charge in [-0.3, -0.25) is 19.2 Å². The Morgan fingerprint density at radius 3 is 2.09 bits per heavy atom. The highest BCUT2D eigenvalue weighted by atomic mass is 35.5. The average molecular weight is 487 g/mol. The van der Waals surface area contributed by atoms with Crippen LogP contribution in [0.15, 0.2) is 29.8 Å². The molecule has 34 heavy (non-hydrogen) atoms. The fraction of sp³-hybridized carbons (Fsp3) is 0.364. The summed E-state index contributed by atoms with van der Waals surface area (Å²) < 4.78 is 0. The first kappa shape index (κ1) is 22.1. The van der Waals surface area contributed by atoms with Gasteiger partial charge in [0.2, 0.25) is 23.6 Å². The SMILES string of the molecule is NC(=O)N1C(=O)C2CC=C3C(CC4C(=O)N(C(N)=O)C(=O)C4C3c3cc(Cl)ccc3O)C2C1=O. The van der Waals surface area contributed by atoms with E-state index >= 15 is 0 Å². The Labute approximate surface area is 197 Å². The van der Waals surface area contributed by atoms with Crippen LogP contribution in [-0.4, -0.2) is 50.6 Å². The molecular formula is C22H19ClN4O7. The van der Waals surface area contributed by atoms with Gasteiger partial charge in [0.05, 0.1) is 23.7 Å². The Bertz CT molecular complexity index is 1240. The predicted molar refractivity (Wildman–Crippen MR) is 113 cm³/mol. The van der Waals surface area contributed by atoms with Crippen LogP contribution in [0.3, 0.4) is 0 Å². The van der Waals surface area contributed by atoms with Gasteiger partial charge in [-0.2, -0.15) is 9.80 Å². The molecule has 12 heteroatoms. The smallest absolute Gasteiger partial charge is 0.328 e. The van der Waals surface area contributed by atoms with Crippen LogP contribution in [0.2, 0.25) is 5.02 Å². The van der Waals surface area contributed by atoms with E-state index in [0.29, 0.717) is 15.4 Å². The maximum atomic E-state index is 13.2. The largest absolute Gasteiger partial charge is 0.508 e. The van der Waals surface area contributed by atoms with Gasteiger partial charge in [-0.15, -0.1) is 0 Å². The van der Waals surface area contributed by atoms with Crippen molar-refractivity contribution in [1.29, 1.82) is 0 Å². The number of urea groups is 2. The zero-order chi connectivity index (χ0) is 24.6. The number of phenolic OH excluding ortho intramolecular Hbond substituents is 1. The summed E-state index contributed by atoms with van der Waals surface area (Å²) in [7, 11) is 0. The van der Waals surface area contributed by atoms with Crippen molar-refractivity contribution in [3.8, 4) is 5.75 Å². The van der Waals surface area contributed by atoms with E-state index in [0.717, 1.165) is 0 Å². The molecule has 2 aliphatic carbocycles. The molecule has 3 fully saturated rings. The van der Waals surface area contributed by atoms with Crippen LogP contribution in [0.25, 0.3) is 0 Å². The van der Waals surface area contributed by atoms with E-state index in [1.165, 1.54) is 18.2 Å². The lowest BCUT2D eigenvalue weighted by molar-refractivity contribution is -0.138. The number of amides is 8. The number of hydrogen-bond acceptors (Lipinski definition) is 7. The first-order valence-electron chi connectivity index (χ1n) is 10.6. The summed E-state index contributed by atoms with van der Waals surface area (Å²) in [6.07, 6.45) is 1.78. The maximum Gasteiger partial charge on any atom is 0.328 e. The second kappa shape index (κ2) is 7.39. The number of nitrogens with zero attached hydrogens (tertiary/aromatic N) is 2. The number of imide groups is 6.